The highest BCUT2D eigenvalue weighted by atomic mass is 35.5. The largest absolute Gasteiger partial charge is 0.334 e. The number of carbonyl (C=O) groups is 1. The summed E-state index contributed by atoms with van der Waals surface area (Å²) in [6, 6.07) is 11.2. The van der Waals surface area contributed by atoms with Gasteiger partial charge < -0.3 is 10.2 Å². The molecule has 2 aromatic carbocycles. The molecule has 0 heterocycles. The molecule has 9 heteroatoms. The van der Waals surface area contributed by atoms with Gasteiger partial charge in [0.05, 0.1) is 10.9 Å². The Morgan fingerprint density at radius 1 is 1.07 bits per heavy atom. The summed E-state index contributed by atoms with van der Waals surface area (Å²) in [4.78, 5) is 14.3. The van der Waals surface area contributed by atoms with Gasteiger partial charge >= 0.3 is 6.03 Å². The first-order chi connectivity index (χ1) is 14.1. The number of urea groups is 1. The summed E-state index contributed by atoms with van der Waals surface area (Å²) in [5.41, 5.74) is 1.59. The zero-order valence-corrected chi connectivity index (χ0v) is 19.9. The van der Waals surface area contributed by atoms with Crippen molar-refractivity contribution < 1.29 is 13.2 Å². The van der Waals surface area contributed by atoms with Crippen LogP contribution in [0.1, 0.15) is 37.9 Å². The number of hydrogen-bond donors (Lipinski definition) is 1. The van der Waals surface area contributed by atoms with E-state index in [4.69, 9.17) is 23.2 Å². The molecule has 0 saturated heterocycles. The van der Waals surface area contributed by atoms with Crippen LogP contribution in [-0.2, 0) is 16.6 Å². The molecule has 0 fully saturated rings. The van der Waals surface area contributed by atoms with Crippen molar-refractivity contribution in [2.24, 2.45) is 0 Å². The fourth-order valence-corrected chi connectivity index (χ4v) is 5.04. The van der Waals surface area contributed by atoms with Crippen LogP contribution in [0.5, 0.6) is 0 Å². The van der Waals surface area contributed by atoms with E-state index in [-0.39, 0.29) is 23.5 Å². The predicted molar refractivity (Wildman–Crippen MR) is 121 cm³/mol. The molecule has 30 heavy (non-hydrogen) atoms. The van der Waals surface area contributed by atoms with E-state index >= 15 is 0 Å². The van der Waals surface area contributed by atoms with Crippen LogP contribution < -0.4 is 5.32 Å². The second kappa shape index (κ2) is 10.5. The summed E-state index contributed by atoms with van der Waals surface area (Å²) in [5.74, 6) is 0. The van der Waals surface area contributed by atoms with Crippen molar-refractivity contribution >= 4 is 39.3 Å². The number of nitrogens with one attached hydrogen (secondary N) is 1. The molecule has 6 nitrogen and oxygen atoms in total. The zero-order valence-electron chi connectivity index (χ0n) is 17.5. The first kappa shape index (κ1) is 24.5. The van der Waals surface area contributed by atoms with E-state index in [1.807, 2.05) is 6.92 Å². The third kappa shape index (κ3) is 5.66. The molecule has 1 N–H and O–H groups in total. The Bertz CT molecular complexity index is 977. The van der Waals surface area contributed by atoms with Crippen molar-refractivity contribution in [2.75, 3.05) is 20.1 Å². The number of hydrogen-bond acceptors (Lipinski definition) is 3. The lowest BCUT2D eigenvalue weighted by atomic mass is 10.1. The van der Waals surface area contributed by atoms with Gasteiger partial charge in [0.2, 0.25) is 10.0 Å². The second-order valence-corrected chi connectivity index (χ2v) is 9.63. The highest BCUT2D eigenvalue weighted by molar-refractivity contribution is 7.89. The number of halogens is 2. The van der Waals surface area contributed by atoms with Gasteiger partial charge in [0.1, 0.15) is 0 Å². The SMILES string of the molecule is CCN(CC)S(=O)(=O)c1ccc(CNC(=O)N(C)C(C)c2ccc(Cl)cc2Cl)cc1. The minimum atomic E-state index is -3.50. The molecule has 0 bridgehead atoms. The fourth-order valence-electron chi connectivity index (χ4n) is 3.02. The Labute approximate surface area is 188 Å². The average molecular weight is 472 g/mol. The molecule has 0 aliphatic heterocycles. The number of nitrogens with zero attached hydrogens (tertiary/aromatic N) is 2. The van der Waals surface area contributed by atoms with Crippen LogP contribution in [0, 0.1) is 0 Å². The number of rotatable bonds is 8. The number of sulfonamides is 1. The van der Waals surface area contributed by atoms with Gasteiger partial charge in [-0.25, -0.2) is 13.2 Å². The molecule has 2 aromatic rings. The second-order valence-electron chi connectivity index (χ2n) is 6.84. The molecule has 164 valence electrons. The maximum absolute atomic E-state index is 12.5. The molecular formula is C21H27Cl2N3O3S. The smallest absolute Gasteiger partial charge is 0.317 e. The van der Waals surface area contributed by atoms with Crippen molar-refractivity contribution in [1.29, 1.82) is 0 Å². The van der Waals surface area contributed by atoms with Crippen molar-refractivity contribution in [3.63, 3.8) is 0 Å². The normalized spacial score (nSPS) is 12.6. The lowest BCUT2D eigenvalue weighted by Gasteiger charge is -2.26. The number of carbonyl (C=O) groups excluding carboxylic acids is 1. The summed E-state index contributed by atoms with van der Waals surface area (Å²) < 4.78 is 26.5. The van der Waals surface area contributed by atoms with Crippen molar-refractivity contribution in [1.82, 2.24) is 14.5 Å². The molecule has 0 saturated carbocycles. The van der Waals surface area contributed by atoms with Gasteiger partial charge in [0, 0.05) is 36.7 Å². The Morgan fingerprint density at radius 3 is 2.20 bits per heavy atom. The zero-order chi connectivity index (χ0) is 22.5. The lowest BCUT2D eigenvalue weighted by Crippen LogP contribution is -2.38. The van der Waals surface area contributed by atoms with Crippen LogP contribution in [0.2, 0.25) is 10.0 Å². The van der Waals surface area contributed by atoms with Gasteiger partial charge in [-0.3, -0.25) is 0 Å². The fraction of sp³-hybridized carbons (Fsp3) is 0.381. The van der Waals surface area contributed by atoms with Crippen LogP contribution >= 0.6 is 23.2 Å². The van der Waals surface area contributed by atoms with Gasteiger partial charge in [0.25, 0.3) is 0 Å². The van der Waals surface area contributed by atoms with Crippen LogP contribution in [0.4, 0.5) is 4.79 Å². The Balaban J connectivity index is 2.02. The van der Waals surface area contributed by atoms with Gasteiger partial charge in [-0.1, -0.05) is 55.2 Å². The van der Waals surface area contributed by atoms with Crippen molar-refractivity contribution in [2.45, 2.75) is 38.3 Å². The van der Waals surface area contributed by atoms with Crippen molar-refractivity contribution in [3.05, 3.63) is 63.6 Å². The van der Waals surface area contributed by atoms with Gasteiger partial charge in [0.15, 0.2) is 0 Å². The van der Waals surface area contributed by atoms with E-state index in [2.05, 4.69) is 5.32 Å². The van der Waals surface area contributed by atoms with Crippen LogP contribution in [0.25, 0.3) is 0 Å². The average Bonchev–Trinajstić information content (AvgIpc) is 2.72. The summed E-state index contributed by atoms with van der Waals surface area (Å²) in [5, 5.41) is 3.88. The molecule has 2 amide bonds. The maximum Gasteiger partial charge on any atom is 0.317 e. The molecule has 0 radical (unpaired) electrons. The first-order valence-corrected chi connectivity index (χ1v) is 11.9. The maximum atomic E-state index is 12.5. The van der Waals surface area contributed by atoms with E-state index in [0.29, 0.717) is 23.1 Å². The minimum Gasteiger partial charge on any atom is -0.334 e. The standard InChI is InChI=1S/C21H27Cl2N3O3S/c1-5-26(6-2)30(28,29)18-10-7-16(8-11-18)14-24-21(27)25(4)15(3)19-12-9-17(22)13-20(19)23/h7-13,15H,5-6,14H2,1-4H3,(H,24,27). The summed E-state index contributed by atoms with van der Waals surface area (Å²) in [6.45, 7) is 6.59. The van der Waals surface area contributed by atoms with E-state index in [1.54, 1.807) is 68.3 Å². The van der Waals surface area contributed by atoms with E-state index in [1.165, 1.54) is 4.31 Å². The van der Waals surface area contributed by atoms with Gasteiger partial charge in [-0.15, -0.1) is 0 Å². The number of benzene rings is 2. The molecule has 0 spiro atoms. The summed E-state index contributed by atoms with van der Waals surface area (Å²) >= 11 is 12.2. The highest BCUT2D eigenvalue weighted by Crippen LogP contribution is 2.29. The van der Waals surface area contributed by atoms with Crippen molar-refractivity contribution in [3.8, 4) is 0 Å². The quantitative estimate of drug-likeness (QED) is 0.593. The third-order valence-corrected chi connectivity index (χ3v) is 7.65. The third-order valence-electron chi connectivity index (χ3n) is 5.02. The highest BCUT2D eigenvalue weighted by Gasteiger charge is 2.22. The van der Waals surface area contributed by atoms with Crippen LogP contribution in [0.3, 0.4) is 0 Å². The minimum absolute atomic E-state index is 0.240. The molecule has 1 unspecified atom stereocenters. The van der Waals surface area contributed by atoms with Gasteiger partial charge in [-0.05, 0) is 42.3 Å². The monoisotopic (exact) mass is 471 g/mol. The Hall–Kier alpha value is -1.80. The molecule has 0 aromatic heterocycles. The Kier molecular flexibility index (Phi) is 8.55. The summed E-state index contributed by atoms with van der Waals surface area (Å²) in [7, 11) is -1.81. The van der Waals surface area contributed by atoms with Gasteiger partial charge in [-0.2, -0.15) is 4.31 Å². The number of amides is 2. The molecular weight excluding hydrogens is 445 g/mol. The first-order valence-electron chi connectivity index (χ1n) is 9.66. The van der Waals surface area contributed by atoms with E-state index < -0.39 is 10.0 Å². The molecule has 0 aliphatic rings. The topological polar surface area (TPSA) is 69.7 Å². The molecule has 2 rings (SSSR count). The predicted octanol–water partition coefficient (Wildman–Crippen LogP) is 4.93. The van der Waals surface area contributed by atoms with Crippen LogP contribution in [0.15, 0.2) is 47.4 Å². The van der Waals surface area contributed by atoms with E-state index in [9.17, 15) is 13.2 Å². The molecule has 0 aliphatic carbocycles. The van der Waals surface area contributed by atoms with Crippen LogP contribution in [-0.4, -0.2) is 43.8 Å². The Morgan fingerprint density at radius 2 is 1.67 bits per heavy atom. The van der Waals surface area contributed by atoms with E-state index in [0.717, 1.165) is 11.1 Å². The summed E-state index contributed by atoms with van der Waals surface area (Å²) in [6.07, 6.45) is 0. The lowest BCUT2D eigenvalue weighted by molar-refractivity contribution is 0.194. The molecule has 1 atom stereocenters.